The van der Waals surface area contributed by atoms with Crippen LogP contribution in [0.2, 0.25) is 0 Å². The van der Waals surface area contributed by atoms with Crippen molar-refractivity contribution in [2.75, 3.05) is 32.8 Å². The number of rotatable bonds is 9. The number of phenols is 1. The van der Waals surface area contributed by atoms with E-state index in [0.717, 1.165) is 44.0 Å². The Balaban J connectivity index is 0.00000392. The molecule has 0 aliphatic carbocycles. The van der Waals surface area contributed by atoms with E-state index >= 15 is 0 Å². The van der Waals surface area contributed by atoms with E-state index in [-0.39, 0.29) is 29.7 Å². The van der Waals surface area contributed by atoms with E-state index in [4.69, 9.17) is 9.73 Å². The van der Waals surface area contributed by atoms with Gasteiger partial charge in [-0.25, -0.2) is 4.99 Å². The molecule has 0 bridgehead atoms. The van der Waals surface area contributed by atoms with Gasteiger partial charge in [-0.15, -0.1) is 24.0 Å². The summed E-state index contributed by atoms with van der Waals surface area (Å²) in [5, 5.41) is 16.8. The highest BCUT2D eigenvalue weighted by Gasteiger charge is 2.19. The van der Waals surface area contributed by atoms with Gasteiger partial charge in [0.15, 0.2) is 17.5 Å². The lowest BCUT2D eigenvalue weighted by Gasteiger charge is -2.33. The van der Waals surface area contributed by atoms with Crippen molar-refractivity contribution in [1.82, 2.24) is 15.5 Å². The van der Waals surface area contributed by atoms with Gasteiger partial charge in [0.05, 0.1) is 13.2 Å². The summed E-state index contributed by atoms with van der Waals surface area (Å²) in [6.07, 6.45) is 4.86. The lowest BCUT2D eigenvalue weighted by Crippen LogP contribution is -2.48. The van der Waals surface area contributed by atoms with E-state index in [9.17, 15) is 5.11 Å². The Bertz CT molecular complexity index is 590. The molecule has 6 nitrogen and oxygen atoms in total. The Kier molecular flexibility index (Phi) is 12.3. The fraction of sp³-hybridized carbons (Fsp3) is 0.667. The van der Waals surface area contributed by atoms with Crippen LogP contribution in [0.5, 0.6) is 11.5 Å². The molecule has 0 aromatic heterocycles. The van der Waals surface area contributed by atoms with Gasteiger partial charge in [-0.05, 0) is 57.4 Å². The predicted octanol–water partition coefficient (Wildman–Crippen LogP) is 3.73. The van der Waals surface area contributed by atoms with Crippen LogP contribution in [0.4, 0.5) is 0 Å². The number of halogens is 1. The van der Waals surface area contributed by atoms with Crippen LogP contribution in [0.25, 0.3) is 0 Å². The lowest BCUT2D eigenvalue weighted by atomic mass is 10.0. The topological polar surface area (TPSA) is 69.1 Å². The van der Waals surface area contributed by atoms with Crippen LogP contribution < -0.4 is 15.4 Å². The fourth-order valence-electron chi connectivity index (χ4n) is 3.29. The van der Waals surface area contributed by atoms with Crippen LogP contribution in [0, 0.1) is 0 Å². The van der Waals surface area contributed by atoms with Crippen LogP contribution in [-0.4, -0.2) is 54.8 Å². The molecule has 1 fully saturated rings. The van der Waals surface area contributed by atoms with Crippen molar-refractivity contribution in [3.8, 4) is 11.5 Å². The molecule has 28 heavy (non-hydrogen) atoms. The second-order valence-electron chi connectivity index (χ2n) is 7.04. The number of nitrogens with zero attached hydrogens (tertiary/aromatic N) is 2. The number of piperidine rings is 1. The van der Waals surface area contributed by atoms with Crippen molar-refractivity contribution < 1.29 is 9.84 Å². The Morgan fingerprint density at radius 3 is 2.64 bits per heavy atom. The van der Waals surface area contributed by atoms with Gasteiger partial charge in [-0.1, -0.05) is 19.4 Å². The molecule has 160 valence electrons. The third-order valence-corrected chi connectivity index (χ3v) is 4.84. The number of guanidine groups is 1. The molecule has 7 heteroatoms. The highest BCUT2D eigenvalue weighted by atomic mass is 127. The average Bonchev–Trinajstić information content (AvgIpc) is 2.68. The Morgan fingerprint density at radius 2 is 2.00 bits per heavy atom. The number of likely N-dealkylation sites (tertiary alicyclic amines) is 1. The van der Waals surface area contributed by atoms with E-state index in [1.165, 1.54) is 19.4 Å². The van der Waals surface area contributed by atoms with Crippen LogP contribution >= 0.6 is 24.0 Å². The maximum absolute atomic E-state index is 9.83. The summed E-state index contributed by atoms with van der Waals surface area (Å²) in [6, 6.07) is 5.89. The van der Waals surface area contributed by atoms with Gasteiger partial charge in [0, 0.05) is 25.7 Å². The van der Waals surface area contributed by atoms with Crippen LogP contribution in [0.3, 0.4) is 0 Å². The average molecular weight is 504 g/mol. The first-order valence-corrected chi connectivity index (χ1v) is 10.4. The van der Waals surface area contributed by atoms with E-state index in [1.807, 2.05) is 19.1 Å². The number of ether oxygens (including phenoxy) is 1. The van der Waals surface area contributed by atoms with E-state index in [0.29, 0.717) is 24.9 Å². The van der Waals surface area contributed by atoms with E-state index < -0.39 is 0 Å². The fourth-order valence-corrected chi connectivity index (χ4v) is 3.29. The molecule has 0 amide bonds. The summed E-state index contributed by atoms with van der Waals surface area (Å²) in [5.74, 6) is 1.54. The number of hydrogen-bond donors (Lipinski definition) is 3. The van der Waals surface area contributed by atoms with Crippen molar-refractivity contribution >= 4 is 29.9 Å². The van der Waals surface area contributed by atoms with Crippen LogP contribution in [0.1, 0.15) is 52.0 Å². The lowest BCUT2D eigenvalue weighted by molar-refractivity contribution is 0.203. The number of aromatic hydroxyl groups is 1. The summed E-state index contributed by atoms with van der Waals surface area (Å²) >= 11 is 0. The van der Waals surface area contributed by atoms with Crippen LogP contribution in [-0.2, 0) is 6.54 Å². The SMILES string of the molecule is CCCCN1CCC(NC(=NCc2ccc(O)c(OCC)c2)NCC)CC1.I. The highest BCUT2D eigenvalue weighted by Crippen LogP contribution is 2.27. The third-order valence-electron chi connectivity index (χ3n) is 4.84. The standard InChI is InChI=1S/C21H36N4O2.HI/c1-4-7-12-25-13-10-18(11-14-25)24-21(22-5-2)23-16-17-8-9-19(26)20(15-17)27-6-3;/h8-9,15,18,26H,4-7,10-14,16H2,1-3H3,(H2,22,23,24);1H. The number of phenolic OH excluding ortho intramolecular Hbond substituents is 1. The minimum atomic E-state index is 0. The molecule has 1 aromatic rings. The number of benzene rings is 1. The van der Waals surface area contributed by atoms with Crippen LogP contribution in [0.15, 0.2) is 23.2 Å². The number of aliphatic imine (C=N–C) groups is 1. The van der Waals surface area contributed by atoms with Crippen molar-refractivity contribution in [2.45, 2.75) is 59.0 Å². The molecule has 0 saturated carbocycles. The Hall–Kier alpha value is -1.22. The van der Waals surface area contributed by atoms with Gasteiger partial charge in [0.2, 0.25) is 0 Å². The van der Waals surface area contributed by atoms with Crippen molar-refractivity contribution in [3.63, 3.8) is 0 Å². The quantitative estimate of drug-likeness (QED) is 0.272. The maximum Gasteiger partial charge on any atom is 0.191 e. The minimum absolute atomic E-state index is 0. The van der Waals surface area contributed by atoms with Crippen molar-refractivity contribution in [1.29, 1.82) is 0 Å². The zero-order chi connectivity index (χ0) is 19.5. The molecule has 1 aliphatic rings. The Labute approximate surface area is 187 Å². The van der Waals surface area contributed by atoms with Crippen molar-refractivity contribution in [3.05, 3.63) is 23.8 Å². The van der Waals surface area contributed by atoms with Gasteiger partial charge in [-0.2, -0.15) is 0 Å². The molecular formula is C21H37IN4O2. The molecule has 1 aliphatic heterocycles. The van der Waals surface area contributed by atoms with Gasteiger partial charge >= 0.3 is 0 Å². The predicted molar refractivity (Wildman–Crippen MR) is 127 cm³/mol. The Morgan fingerprint density at radius 1 is 1.25 bits per heavy atom. The van der Waals surface area contributed by atoms with E-state index in [1.54, 1.807) is 6.07 Å². The molecule has 1 heterocycles. The van der Waals surface area contributed by atoms with Crippen molar-refractivity contribution in [2.24, 2.45) is 4.99 Å². The molecular weight excluding hydrogens is 467 g/mol. The molecule has 0 unspecified atom stereocenters. The zero-order valence-corrected chi connectivity index (χ0v) is 19.9. The minimum Gasteiger partial charge on any atom is -0.504 e. The number of hydrogen-bond acceptors (Lipinski definition) is 4. The zero-order valence-electron chi connectivity index (χ0n) is 17.5. The highest BCUT2D eigenvalue weighted by molar-refractivity contribution is 14.0. The van der Waals surface area contributed by atoms with Gasteiger partial charge in [0.1, 0.15) is 0 Å². The summed E-state index contributed by atoms with van der Waals surface area (Å²) in [5.41, 5.74) is 1.02. The second-order valence-corrected chi connectivity index (χ2v) is 7.04. The smallest absolute Gasteiger partial charge is 0.191 e. The molecule has 0 atom stereocenters. The summed E-state index contributed by atoms with van der Waals surface area (Å²) in [4.78, 5) is 7.29. The first-order valence-electron chi connectivity index (χ1n) is 10.4. The second kappa shape index (κ2) is 13.9. The first kappa shape index (κ1) is 24.8. The summed E-state index contributed by atoms with van der Waals surface area (Å²) in [7, 11) is 0. The van der Waals surface area contributed by atoms with Gasteiger partial charge in [-0.3, -0.25) is 0 Å². The maximum atomic E-state index is 9.83. The van der Waals surface area contributed by atoms with Gasteiger partial charge < -0.3 is 25.4 Å². The summed E-state index contributed by atoms with van der Waals surface area (Å²) in [6.45, 7) is 11.7. The number of unbranched alkanes of at least 4 members (excludes halogenated alkanes) is 1. The third kappa shape index (κ3) is 8.43. The number of nitrogens with one attached hydrogen (secondary N) is 2. The first-order chi connectivity index (χ1) is 13.2. The molecule has 3 N–H and O–H groups in total. The normalized spacial score (nSPS) is 15.8. The molecule has 2 rings (SSSR count). The summed E-state index contributed by atoms with van der Waals surface area (Å²) < 4.78 is 5.46. The van der Waals surface area contributed by atoms with Gasteiger partial charge in [0.25, 0.3) is 0 Å². The molecule has 1 aromatic carbocycles. The molecule has 0 radical (unpaired) electrons. The monoisotopic (exact) mass is 504 g/mol. The molecule has 0 spiro atoms. The largest absolute Gasteiger partial charge is 0.504 e. The van der Waals surface area contributed by atoms with E-state index in [2.05, 4.69) is 29.4 Å². The molecule has 1 saturated heterocycles.